The summed E-state index contributed by atoms with van der Waals surface area (Å²) in [6.45, 7) is 3.48. The lowest BCUT2D eigenvalue weighted by Crippen LogP contribution is -2.45. The van der Waals surface area contributed by atoms with E-state index in [1.807, 2.05) is 0 Å². The molecule has 9 heteroatoms. The smallest absolute Gasteiger partial charge is 0.293 e. The molecule has 0 radical (unpaired) electrons. The molecule has 3 heterocycles. The van der Waals surface area contributed by atoms with E-state index in [2.05, 4.69) is 20.5 Å². The standard InChI is InChI=1S/C25H27ClN4O4/c26-17-5-7-18(8-6-17)28-25(32)23-22(21-20(34-23)2-1-11-27-21)29-24(31)16-3-9-19(10-4-16)30-12-14-33-15-13-30/h1-2,5-8,11,16,19H,3-4,9-10,12-15H2,(H,28,32)(H,29,31)/t16-,19-. The van der Waals surface area contributed by atoms with Crippen LogP contribution in [-0.2, 0) is 9.53 Å². The number of carbonyl (C=O) groups excluding carboxylic acids is 2. The zero-order chi connectivity index (χ0) is 23.5. The SMILES string of the molecule is O=C(Nc1ccc(Cl)cc1)c1oc2cccnc2c1NC(=O)[C@H]1CC[C@H](N2CCOCC2)CC1. The van der Waals surface area contributed by atoms with Crippen LogP contribution in [0.5, 0.6) is 0 Å². The minimum absolute atomic E-state index is 0.0269. The van der Waals surface area contributed by atoms with Gasteiger partial charge in [-0.2, -0.15) is 0 Å². The molecule has 2 fully saturated rings. The second-order valence-corrected chi connectivity index (χ2v) is 9.20. The fourth-order valence-corrected chi connectivity index (χ4v) is 4.92. The molecule has 34 heavy (non-hydrogen) atoms. The molecule has 1 saturated carbocycles. The lowest BCUT2D eigenvalue weighted by atomic mass is 9.84. The number of morpholine rings is 1. The van der Waals surface area contributed by atoms with Gasteiger partial charge in [-0.3, -0.25) is 19.5 Å². The predicted octanol–water partition coefficient (Wildman–Crippen LogP) is 4.56. The van der Waals surface area contributed by atoms with Gasteiger partial charge in [0.25, 0.3) is 5.91 Å². The number of pyridine rings is 1. The van der Waals surface area contributed by atoms with Crippen molar-refractivity contribution < 1.29 is 18.7 Å². The summed E-state index contributed by atoms with van der Waals surface area (Å²) in [5, 5.41) is 6.33. The van der Waals surface area contributed by atoms with E-state index in [4.69, 9.17) is 20.8 Å². The van der Waals surface area contributed by atoms with Crippen molar-refractivity contribution in [1.29, 1.82) is 0 Å². The highest BCUT2D eigenvalue weighted by Crippen LogP contribution is 2.33. The molecule has 0 bridgehead atoms. The lowest BCUT2D eigenvalue weighted by molar-refractivity contribution is -0.121. The summed E-state index contributed by atoms with van der Waals surface area (Å²) >= 11 is 5.93. The molecule has 0 unspecified atom stereocenters. The Bertz CT molecular complexity index is 1170. The molecular weight excluding hydrogens is 456 g/mol. The van der Waals surface area contributed by atoms with E-state index < -0.39 is 5.91 Å². The summed E-state index contributed by atoms with van der Waals surface area (Å²) in [4.78, 5) is 33.1. The van der Waals surface area contributed by atoms with Gasteiger partial charge in [0, 0.05) is 42.0 Å². The number of hydrogen-bond donors (Lipinski definition) is 2. The van der Waals surface area contributed by atoms with Crippen molar-refractivity contribution in [2.24, 2.45) is 5.92 Å². The van der Waals surface area contributed by atoms with Crippen molar-refractivity contribution in [1.82, 2.24) is 9.88 Å². The average molecular weight is 483 g/mol. The molecule has 2 aliphatic rings. The number of nitrogens with zero attached hydrogens (tertiary/aromatic N) is 2. The van der Waals surface area contributed by atoms with E-state index in [-0.39, 0.29) is 17.6 Å². The third kappa shape index (κ3) is 4.94. The normalized spacial score (nSPS) is 21.3. The molecule has 1 aromatic carbocycles. The van der Waals surface area contributed by atoms with Crippen molar-refractivity contribution >= 4 is 45.9 Å². The topological polar surface area (TPSA) is 96.7 Å². The number of aromatic nitrogens is 1. The van der Waals surface area contributed by atoms with Gasteiger partial charge in [-0.1, -0.05) is 11.6 Å². The highest BCUT2D eigenvalue weighted by atomic mass is 35.5. The summed E-state index contributed by atoms with van der Waals surface area (Å²) in [5.74, 6) is -0.655. The Morgan fingerprint density at radius 3 is 2.47 bits per heavy atom. The zero-order valence-electron chi connectivity index (χ0n) is 18.8. The van der Waals surface area contributed by atoms with Crippen LogP contribution < -0.4 is 10.6 Å². The van der Waals surface area contributed by atoms with Crippen molar-refractivity contribution in [2.45, 2.75) is 31.7 Å². The maximum atomic E-state index is 13.2. The molecule has 1 saturated heterocycles. The van der Waals surface area contributed by atoms with Gasteiger partial charge in [0.2, 0.25) is 11.7 Å². The van der Waals surface area contributed by atoms with Crippen LogP contribution in [0.1, 0.15) is 36.2 Å². The first-order valence-electron chi connectivity index (χ1n) is 11.7. The largest absolute Gasteiger partial charge is 0.447 e. The Balaban J connectivity index is 1.30. The van der Waals surface area contributed by atoms with Gasteiger partial charge in [-0.15, -0.1) is 0 Å². The fourth-order valence-electron chi connectivity index (χ4n) is 4.80. The molecule has 1 aliphatic heterocycles. The Kier molecular flexibility index (Phi) is 6.80. The molecule has 8 nitrogen and oxygen atoms in total. The van der Waals surface area contributed by atoms with E-state index in [0.717, 1.165) is 52.0 Å². The van der Waals surface area contributed by atoms with Gasteiger partial charge in [-0.25, -0.2) is 0 Å². The summed E-state index contributed by atoms with van der Waals surface area (Å²) in [7, 11) is 0. The summed E-state index contributed by atoms with van der Waals surface area (Å²) < 4.78 is 11.3. The maximum absolute atomic E-state index is 13.2. The van der Waals surface area contributed by atoms with E-state index in [1.54, 1.807) is 42.6 Å². The number of rotatable bonds is 5. The minimum atomic E-state index is -0.466. The van der Waals surface area contributed by atoms with Crippen LogP contribution in [0.2, 0.25) is 5.02 Å². The number of nitrogens with one attached hydrogen (secondary N) is 2. The maximum Gasteiger partial charge on any atom is 0.293 e. The Morgan fingerprint density at radius 2 is 1.74 bits per heavy atom. The molecule has 0 atom stereocenters. The van der Waals surface area contributed by atoms with E-state index in [1.165, 1.54) is 0 Å². The molecular formula is C25H27ClN4O4. The van der Waals surface area contributed by atoms with E-state index >= 15 is 0 Å². The van der Waals surface area contributed by atoms with Crippen LogP contribution in [0, 0.1) is 5.92 Å². The van der Waals surface area contributed by atoms with Gasteiger partial charge >= 0.3 is 0 Å². The number of furan rings is 1. The molecule has 178 valence electrons. The predicted molar refractivity (Wildman–Crippen MR) is 130 cm³/mol. The van der Waals surface area contributed by atoms with Crippen LogP contribution >= 0.6 is 11.6 Å². The number of amides is 2. The first kappa shape index (κ1) is 22.8. The van der Waals surface area contributed by atoms with Crippen molar-refractivity contribution in [3.8, 4) is 0 Å². The van der Waals surface area contributed by atoms with Gasteiger partial charge in [0.05, 0.1) is 13.2 Å². The number of fused-ring (bicyclic) bond motifs is 1. The van der Waals surface area contributed by atoms with E-state index in [9.17, 15) is 9.59 Å². The second-order valence-electron chi connectivity index (χ2n) is 8.76. The van der Waals surface area contributed by atoms with Gasteiger partial charge in [0.1, 0.15) is 11.2 Å². The molecule has 0 spiro atoms. The van der Waals surface area contributed by atoms with Crippen LogP contribution in [0.3, 0.4) is 0 Å². The molecule has 2 aromatic heterocycles. The minimum Gasteiger partial charge on any atom is -0.447 e. The first-order chi connectivity index (χ1) is 16.6. The number of anilines is 2. The van der Waals surface area contributed by atoms with Crippen LogP contribution in [0.15, 0.2) is 47.0 Å². The molecule has 1 aliphatic carbocycles. The monoisotopic (exact) mass is 482 g/mol. The highest BCUT2D eigenvalue weighted by Gasteiger charge is 2.32. The molecule has 3 aromatic rings. The molecule has 2 N–H and O–H groups in total. The number of ether oxygens (including phenoxy) is 1. The van der Waals surface area contributed by atoms with Crippen molar-refractivity contribution in [3.05, 3.63) is 53.4 Å². The Hall–Kier alpha value is -2.94. The Morgan fingerprint density at radius 1 is 1.00 bits per heavy atom. The quantitative estimate of drug-likeness (QED) is 0.553. The van der Waals surface area contributed by atoms with E-state index in [0.29, 0.717) is 33.5 Å². The second kappa shape index (κ2) is 10.1. The number of carbonyl (C=O) groups is 2. The summed E-state index contributed by atoms with van der Waals surface area (Å²) in [5.41, 5.74) is 1.78. The van der Waals surface area contributed by atoms with Crippen molar-refractivity contribution in [3.63, 3.8) is 0 Å². The fraction of sp³-hybridized carbons (Fsp3) is 0.400. The summed E-state index contributed by atoms with van der Waals surface area (Å²) in [6, 6.07) is 10.7. The third-order valence-electron chi connectivity index (χ3n) is 6.63. The van der Waals surface area contributed by atoms with Gasteiger partial charge in [-0.05, 0) is 62.1 Å². The number of halogens is 1. The molecule has 5 rings (SSSR count). The third-order valence-corrected chi connectivity index (χ3v) is 6.88. The lowest BCUT2D eigenvalue weighted by Gasteiger charge is -2.38. The average Bonchev–Trinajstić information content (AvgIpc) is 3.24. The van der Waals surface area contributed by atoms with Gasteiger partial charge < -0.3 is 19.8 Å². The summed E-state index contributed by atoms with van der Waals surface area (Å²) in [6.07, 6.45) is 5.19. The number of hydrogen-bond acceptors (Lipinski definition) is 6. The Labute approximate surface area is 202 Å². The first-order valence-corrected chi connectivity index (χ1v) is 12.0. The highest BCUT2D eigenvalue weighted by molar-refractivity contribution is 6.30. The molecule has 2 amide bonds. The van der Waals surface area contributed by atoms with Crippen LogP contribution in [0.4, 0.5) is 11.4 Å². The van der Waals surface area contributed by atoms with Crippen LogP contribution in [0.25, 0.3) is 11.1 Å². The number of benzene rings is 1. The van der Waals surface area contributed by atoms with Crippen molar-refractivity contribution in [2.75, 3.05) is 36.9 Å². The van der Waals surface area contributed by atoms with Gasteiger partial charge in [0.15, 0.2) is 5.58 Å². The zero-order valence-corrected chi connectivity index (χ0v) is 19.5. The van der Waals surface area contributed by atoms with Crippen LogP contribution in [-0.4, -0.2) is 54.0 Å².